The zero-order chi connectivity index (χ0) is 16.0. The third-order valence-electron chi connectivity index (χ3n) is 4.35. The number of piperidine rings is 1. The summed E-state index contributed by atoms with van der Waals surface area (Å²) in [4.78, 5) is 14.3. The van der Waals surface area contributed by atoms with Gasteiger partial charge >= 0.3 is 6.09 Å². The molecule has 2 heterocycles. The molecule has 128 valence electrons. The lowest BCUT2D eigenvalue weighted by atomic mass is 10.0. The van der Waals surface area contributed by atoms with Crippen LogP contribution in [0, 0.1) is 0 Å². The molecule has 1 N–H and O–H groups in total. The fraction of sp³-hybridized carbons (Fsp3) is 0.941. The summed E-state index contributed by atoms with van der Waals surface area (Å²) in [6, 6.07) is 0.776. The molecule has 2 fully saturated rings. The van der Waals surface area contributed by atoms with Crippen LogP contribution in [0.5, 0.6) is 0 Å². The van der Waals surface area contributed by atoms with E-state index in [1.165, 1.54) is 12.8 Å². The van der Waals surface area contributed by atoms with Gasteiger partial charge in [0.15, 0.2) is 0 Å². The summed E-state index contributed by atoms with van der Waals surface area (Å²) in [6.07, 6.45) is 6.53. The summed E-state index contributed by atoms with van der Waals surface area (Å²) >= 11 is 0. The second-order valence-electron chi connectivity index (χ2n) is 7.47. The van der Waals surface area contributed by atoms with E-state index in [9.17, 15) is 4.79 Å². The predicted molar refractivity (Wildman–Crippen MR) is 87.0 cm³/mol. The van der Waals surface area contributed by atoms with Crippen LogP contribution in [0.25, 0.3) is 0 Å². The fourth-order valence-electron chi connectivity index (χ4n) is 3.18. The average molecular weight is 312 g/mol. The minimum atomic E-state index is -0.425. The Morgan fingerprint density at radius 3 is 2.77 bits per heavy atom. The van der Waals surface area contributed by atoms with Crippen molar-refractivity contribution >= 4 is 6.09 Å². The molecule has 0 aromatic carbocycles. The standard InChI is InChI=1S/C17H32N2O3/c1-17(2,3)22-16(20)19-10-5-4-8-15(19)13-18-14-7-6-11-21-12-9-14/h14-15,18H,4-13H2,1-3H3. The maximum absolute atomic E-state index is 12.4. The lowest BCUT2D eigenvalue weighted by Crippen LogP contribution is -2.51. The molecule has 0 aliphatic carbocycles. The molecule has 2 unspecified atom stereocenters. The number of nitrogens with zero attached hydrogens (tertiary/aromatic N) is 1. The molecule has 2 aliphatic heterocycles. The molecule has 2 aliphatic rings. The van der Waals surface area contributed by atoms with Crippen molar-refractivity contribution in [2.24, 2.45) is 0 Å². The number of carbonyl (C=O) groups is 1. The minimum Gasteiger partial charge on any atom is -0.444 e. The van der Waals surface area contributed by atoms with Gasteiger partial charge in [-0.25, -0.2) is 4.79 Å². The van der Waals surface area contributed by atoms with Gasteiger partial charge in [0.2, 0.25) is 0 Å². The van der Waals surface area contributed by atoms with E-state index in [0.29, 0.717) is 6.04 Å². The zero-order valence-corrected chi connectivity index (χ0v) is 14.4. The maximum Gasteiger partial charge on any atom is 0.410 e. The highest BCUT2D eigenvalue weighted by Gasteiger charge is 2.30. The van der Waals surface area contributed by atoms with Crippen LogP contribution >= 0.6 is 0 Å². The molecule has 0 bridgehead atoms. The van der Waals surface area contributed by atoms with Crippen LogP contribution in [0.3, 0.4) is 0 Å². The van der Waals surface area contributed by atoms with Gasteiger partial charge in [0.25, 0.3) is 0 Å². The Morgan fingerprint density at radius 1 is 1.18 bits per heavy atom. The monoisotopic (exact) mass is 312 g/mol. The molecule has 0 saturated carbocycles. The van der Waals surface area contributed by atoms with Gasteiger partial charge in [0.1, 0.15) is 5.60 Å². The third kappa shape index (κ3) is 5.76. The van der Waals surface area contributed by atoms with Crippen molar-refractivity contribution in [1.82, 2.24) is 10.2 Å². The maximum atomic E-state index is 12.4. The number of hydrogen-bond acceptors (Lipinski definition) is 4. The van der Waals surface area contributed by atoms with E-state index in [1.54, 1.807) is 0 Å². The van der Waals surface area contributed by atoms with E-state index in [0.717, 1.165) is 52.0 Å². The minimum absolute atomic E-state index is 0.164. The van der Waals surface area contributed by atoms with Crippen molar-refractivity contribution < 1.29 is 14.3 Å². The first-order valence-electron chi connectivity index (χ1n) is 8.76. The molecule has 1 amide bonds. The van der Waals surface area contributed by atoms with E-state index < -0.39 is 5.60 Å². The smallest absolute Gasteiger partial charge is 0.410 e. The summed E-state index contributed by atoms with van der Waals surface area (Å²) < 4.78 is 11.1. The molecule has 0 spiro atoms. The van der Waals surface area contributed by atoms with Crippen LogP contribution in [-0.4, -0.2) is 55.0 Å². The Labute approximate surface area is 134 Å². The van der Waals surface area contributed by atoms with Gasteiger partial charge < -0.3 is 19.7 Å². The average Bonchev–Trinajstić information content (AvgIpc) is 2.72. The van der Waals surface area contributed by atoms with Crippen molar-refractivity contribution in [1.29, 1.82) is 0 Å². The van der Waals surface area contributed by atoms with Gasteiger partial charge in [-0.15, -0.1) is 0 Å². The molecule has 0 radical (unpaired) electrons. The van der Waals surface area contributed by atoms with E-state index in [4.69, 9.17) is 9.47 Å². The summed E-state index contributed by atoms with van der Waals surface area (Å²) in [7, 11) is 0. The number of likely N-dealkylation sites (tertiary alicyclic amines) is 1. The molecule has 2 saturated heterocycles. The Hall–Kier alpha value is -0.810. The number of amides is 1. The number of ether oxygens (including phenoxy) is 2. The van der Waals surface area contributed by atoms with Crippen molar-refractivity contribution in [3.8, 4) is 0 Å². The molecule has 2 rings (SSSR count). The first kappa shape index (κ1) is 17.5. The highest BCUT2D eigenvalue weighted by atomic mass is 16.6. The topological polar surface area (TPSA) is 50.8 Å². The van der Waals surface area contributed by atoms with E-state index in [-0.39, 0.29) is 12.1 Å². The Kier molecular flexibility index (Phi) is 6.50. The lowest BCUT2D eigenvalue weighted by Gasteiger charge is -2.37. The van der Waals surface area contributed by atoms with Gasteiger partial charge in [-0.2, -0.15) is 0 Å². The summed E-state index contributed by atoms with van der Waals surface area (Å²) in [5, 5.41) is 3.65. The Balaban J connectivity index is 1.84. The molecular weight excluding hydrogens is 280 g/mol. The van der Waals surface area contributed by atoms with Crippen LogP contribution in [0.15, 0.2) is 0 Å². The molecule has 0 aromatic heterocycles. The molecule has 2 atom stereocenters. The third-order valence-corrected chi connectivity index (χ3v) is 4.35. The summed E-state index contributed by atoms with van der Waals surface area (Å²) in [5.74, 6) is 0. The summed E-state index contributed by atoms with van der Waals surface area (Å²) in [6.45, 7) is 9.18. The fourth-order valence-corrected chi connectivity index (χ4v) is 3.18. The van der Waals surface area contributed by atoms with Crippen molar-refractivity contribution in [3.05, 3.63) is 0 Å². The van der Waals surface area contributed by atoms with E-state index >= 15 is 0 Å². The van der Waals surface area contributed by atoms with Gasteiger partial charge in [-0.1, -0.05) is 0 Å². The van der Waals surface area contributed by atoms with Crippen LogP contribution < -0.4 is 5.32 Å². The number of carbonyl (C=O) groups excluding carboxylic acids is 1. The number of nitrogens with one attached hydrogen (secondary N) is 1. The molecular formula is C17H32N2O3. The first-order chi connectivity index (χ1) is 10.5. The predicted octanol–water partition coefficient (Wildman–Crippen LogP) is 2.93. The van der Waals surface area contributed by atoms with Gasteiger partial charge in [-0.3, -0.25) is 0 Å². The van der Waals surface area contributed by atoms with E-state index in [1.807, 2.05) is 25.7 Å². The van der Waals surface area contributed by atoms with Crippen LogP contribution in [0.2, 0.25) is 0 Å². The van der Waals surface area contributed by atoms with Gasteiger partial charge in [0.05, 0.1) is 0 Å². The number of rotatable bonds is 3. The molecule has 0 aromatic rings. The highest BCUT2D eigenvalue weighted by Crippen LogP contribution is 2.20. The lowest BCUT2D eigenvalue weighted by molar-refractivity contribution is 0.00957. The van der Waals surface area contributed by atoms with Crippen molar-refractivity contribution in [2.45, 2.75) is 77.0 Å². The summed E-state index contributed by atoms with van der Waals surface area (Å²) in [5.41, 5.74) is -0.425. The molecule has 5 nitrogen and oxygen atoms in total. The Morgan fingerprint density at radius 2 is 2.00 bits per heavy atom. The van der Waals surface area contributed by atoms with Crippen molar-refractivity contribution in [3.63, 3.8) is 0 Å². The zero-order valence-electron chi connectivity index (χ0n) is 14.4. The van der Waals surface area contributed by atoms with Crippen LogP contribution in [0.1, 0.15) is 59.3 Å². The Bertz CT molecular complexity index is 346. The van der Waals surface area contributed by atoms with Gasteiger partial charge in [0, 0.05) is 38.4 Å². The van der Waals surface area contributed by atoms with Crippen LogP contribution in [0.4, 0.5) is 4.79 Å². The van der Waals surface area contributed by atoms with Gasteiger partial charge in [-0.05, 0) is 59.3 Å². The first-order valence-corrected chi connectivity index (χ1v) is 8.76. The largest absolute Gasteiger partial charge is 0.444 e. The van der Waals surface area contributed by atoms with E-state index in [2.05, 4.69) is 5.32 Å². The number of hydrogen-bond donors (Lipinski definition) is 1. The molecule has 22 heavy (non-hydrogen) atoms. The van der Waals surface area contributed by atoms with Crippen LogP contribution in [-0.2, 0) is 9.47 Å². The quantitative estimate of drug-likeness (QED) is 0.870. The molecule has 5 heteroatoms. The second kappa shape index (κ2) is 8.16. The highest BCUT2D eigenvalue weighted by molar-refractivity contribution is 5.68. The SMILES string of the molecule is CC(C)(C)OC(=O)N1CCCCC1CNC1CCCOCC1. The second-order valence-corrected chi connectivity index (χ2v) is 7.47. The normalized spacial score (nSPS) is 27.3. The van der Waals surface area contributed by atoms with Crippen molar-refractivity contribution in [2.75, 3.05) is 26.3 Å².